The maximum absolute atomic E-state index is 6.53. The molecule has 8 heteroatoms. The van der Waals surface area contributed by atoms with Gasteiger partial charge in [0.1, 0.15) is 22.3 Å². The number of furan rings is 2. The van der Waals surface area contributed by atoms with Gasteiger partial charge in [0.25, 0.3) is 0 Å². The van der Waals surface area contributed by atoms with Gasteiger partial charge in [0.2, 0.25) is 0 Å². The first kappa shape index (κ1) is 71.2. The number of benzene rings is 19. The van der Waals surface area contributed by atoms with E-state index in [0.29, 0.717) is 0 Å². The summed E-state index contributed by atoms with van der Waals surface area (Å²) in [4.78, 5) is 9.72. The zero-order chi connectivity index (χ0) is 79.5. The molecule has 6 nitrogen and oxygen atoms in total. The predicted octanol–water partition coefficient (Wildman–Crippen LogP) is 24.9. The minimum Gasteiger partial charge on any atom is -0.456 e. The van der Waals surface area contributed by atoms with E-state index >= 15 is 0 Å². The molecule has 2 aliphatic rings. The summed E-state index contributed by atoms with van der Waals surface area (Å²) in [6, 6.07) is 173. The summed E-state index contributed by atoms with van der Waals surface area (Å²) in [5, 5.41) is 17.8. The van der Waals surface area contributed by atoms with Crippen molar-refractivity contribution in [3.8, 4) is 22.3 Å². The molecule has 0 saturated heterocycles. The Labute approximate surface area is 699 Å². The highest BCUT2D eigenvalue weighted by atomic mass is 28.3. The lowest BCUT2D eigenvalue weighted by molar-refractivity contribution is 0.668. The number of nitrogens with zero attached hydrogens (tertiary/aromatic N) is 4. The average molecular weight is 1570 g/mol. The summed E-state index contributed by atoms with van der Waals surface area (Å²) in [7, 11) is -5.71. The van der Waals surface area contributed by atoms with Gasteiger partial charge < -0.3 is 28.4 Å². The molecule has 0 unspecified atom stereocenters. The Morgan fingerprint density at radius 3 is 0.942 bits per heavy atom. The number of hydrogen-bond donors (Lipinski definition) is 0. The van der Waals surface area contributed by atoms with E-state index in [1.54, 1.807) is 0 Å². The predicted molar refractivity (Wildman–Crippen MR) is 509 cm³/mol. The van der Waals surface area contributed by atoms with Crippen LogP contribution in [0.1, 0.15) is 0 Å². The molecule has 0 aliphatic carbocycles. The smallest absolute Gasteiger partial charge is 0.184 e. The minimum absolute atomic E-state index is 0.860. The van der Waals surface area contributed by atoms with E-state index in [2.05, 4.69) is 469 Å². The van der Waals surface area contributed by atoms with Crippen LogP contribution in [-0.4, -0.2) is 16.1 Å². The quantitative estimate of drug-likeness (QED) is 0.101. The molecule has 0 radical (unpaired) electrons. The Kier molecular flexibility index (Phi) is 17.8. The Balaban J connectivity index is 0.000000144. The molecule has 566 valence electrons. The van der Waals surface area contributed by atoms with Gasteiger partial charge >= 0.3 is 0 Å². The molecule has 0 N–H and O–H groups in total. The zero-order valence-electron chi connectivity index (χ0n) is 65.6. The average Bonchev–Trinajstić information content (AvgIpc) is 0.798. The van der Waals surface area contributed by atoms with Crippen LogP contribution in [0.4, 0.5) is 68.2 Å². The lowest BCUT2D eigenvalue weighted by Gasteiger charge is -2.45. The lowest BCUT2D eigenvalue weighted by Crippen LogP contribution is -2.77. The van der Waals surface area contributed by atoms with E-state index in [9.17, 15) is 0 Å². The van der Waals surface area contributed by atoms with Crippen LogP contribution < -0.4 is 61.1 Å². The maximum atomic E-state index is 6.53. The van der Waals surface area contributed by atoms with E-state index in [1.165, 1.54) is 97.3 Å². The Morgan fingerprint density at radius 1 is 0.192 bits per heavy atom. The molecule has 4 heterocycles. The van der Waals surface area contributed by atoms with Crippen LogP contribution in [0.25, 0.3) is 76.9 Å². The number of rotatable bonds is 14. The fourth-order valence-corrected chi connectivity index (χ4v) is 29.3. The molecule has 0 spiro atoms. The summed E-state index contributed by atoms with van der Waals surface area (Å²) in [5.41, 5.74) is 21.6. The topological polar surface area (TPSA) is 39.2 Å². The van der Waals surface area contributed by atoms with Gasteiger partial charge in [-0.1, -0.05) is 340 Å². The fraction of sp³-hybridized carbons (Fsp3) is 0. The molecule has 2 aliphatic heterocycles. The standard InChI is InChI=1S/C58H40N2OSi.C54H38N2OSi/c1-4-19-43(20-5-1)60-53-28-13-15-30-57(53)62(47-21-6-2-7-22-47,48-23-8-3-9-24-48)58-38-36-45(39-54(58)60)59(46-35-37-52-51-26-12-14-29-55(51)61-56(52)40-46)44-33-31-42(32-34-44)50-27-16-18-41-17-10-11-25-49(41)50;1-5-17-39(18-6-1)40-29-31-42(32-30-40)55(44-33-35-48-47-25-13-15-27-51(47)57-52(48)38-44)43-34-36-54-50(37-43)56(41-19-7-2-8-20-41)49-26-14-16-28-53(49)58(54,45-21-9-3-10-22-45)46-23-11-4-12-24-46/h1-40H;1-38H. The van der Waals surface area contributed by atoms with Gasteiger partial charge in [-0.2, -0.15) is 0 Å². The highest BCUT2D eigenvalue weighted by Crippen LogP contribution is 2.48. The first-order valence-corrected chi connectivity index (χ1v) is 45.1. The van der Waals surface area contributed by atoms with Crippen LogP contribution in [0.2, 0.25) is 0 Å². The van der Waals surface area contributed by atoms with Gasteiger partial charge in [-0.15, -0.1) is 0 Å². The van der Waals surface area contributed by atoms with Gasteiger partial charge in [-0.3, -0.25) is 0 Å². The van der Waals surface area contributed by atoms with Crippen LogP contribution in [0.5, 0.6) is 0 Å². The van der Waals surface area contributed by atoms with Gasteiger partial charge in [0.05, 0.1) is 0 Å². The third-order valence-corrected chi connectivity index (χ3v) is 34.1. The number of fused-ring (bicyclic) bond motifs is 11. The second-order valence-electron chi connectivity index (χ2n) is 31.0. The zero-order valence-corrected chi connectivity index (χ0v) is 67.6. The summed E-state index contributed by atoms with van der Waals surface area (Å²) >= 11 is 0. The van der Waals surface area contributed by atoms with Gasteiger partial charge in [0, 0.05) is 102 Å². The second kappa shape index (κ2) is 30.1. The Morgan fingerprint density at radius 2 is 0.500 bits per heavy atom. The molecule has 19 aromatic carbocycles. The fourth-order valence-electron chi connectivity index (χ4n) is 19.2. The highest BCUT2D eigenvalue weighted by molar-refractivity contribution is 7.22. The number of para-hydroxylation sites is 6. The molecular formula is C112H78N4O2Si2. The number of hydrogen-bond acceptors (Lipinski definition) is 6. The Bertz CT molecular complexity index is 7270. The second-order valence-corrected chi connectivity index (χ2v) is 38.4. The molecule has 2 aromatic heterocycles. The van der Waals surface area contributed by atoms with Crippen LogP contribution in [0, 0.1) is 0 Å². The van der Waals surface area contributed by atoms with E-state index in [4.69, 9.17) is 8.83 Å². The first-order chi connectivity index (χ1) is 59.5. The summed E-state index contributed by atoms with van der Waals surface area (Å²) in [6.45, 7) is 0. The summed E-state index contributed by atoms with van der Waals surface area (Å²) in [5.74, 6) is 0. The van der Waals surface area contributed by atoms with Crippen molar-refractivity contribution in [3.05, 3.63) is 473 Å². The van der Waals surface area contributed by atoms with Crippen LogP contribution in [-0.2, 0) is 0 Å². The summed E-state index contributed by atoms with van der Waals surface area (Å²) < 4.78 is 13.0. The molecule has 0 saturated carbocycles. The Hall–Kier alpha value is -15.3. The SMILES string of the molecule is c1ccc(-c2ccc(N(c3ccc4c(c3)N(c3ccccc3)c3ccccc3[Si]4(c3ccccc3)c3ccccc3)c3ccc4c(c3)oc3ccccc34)cc2)cc1.c1ccc(N2c3ccccc3[Si](c3ccccc3)(c3ccccc3)c3ccc(N(c4ccc(-c5cccc6ccccc56)cc4)c4ccc5c(c4)oc4ccccc45)cc32)cc1. The molecule has 0 atom stereocenters. The van der Waals surface area contributed by atoms with E-state index in [-0.39, 0.29) is 0 Å². The maximum Gasteiger partial charge on any atom is 0.184 e. The third-order valence-electron chi connectivity index (χ3n) is 24.4. The van der Waals surface area contributed by atoms with Crippen LogP contribution in [0.15, 0.2) is 482 Å². The number of anilines is 12. The van der Waals surface area contributed by atoms with Crippen molar-refractivity contribution in [2.45, 2.75) is 0 Å². The van der Waals surface area contributed by atoms with Crippen molar-refractivity contribution < 1.29 is 8.83 Å². The first-order valence-electron chi connectivity index (χ1n) is 41.1. The molecular weight excluding hydrogens is 1490 g/mol. The monoisotopic (exact) mass is 1570 g/mol. The van der Waals surface area contributed by atoms with E-state index < -0.39 is 16.1 Å². The van der Waals surface area contributed by atoms with Crippen molar-refractivity contribution in [1.29, 1.82) is 0 Å². The molecule has 0 fully saturated rings. The van der Waals surface area contributed by atoms with Crippen molar-refractivity contribution in [1.82, 2.24) is 0 Å². The van der Waals surface area contributed by atoms with Crippen LogP contribution >= 0.6 is 0 Å². The lowest BCUT2D eigenvalue weighted by atomic mass is 9.98. The van der Waals surface area contributed by atoms with Crippen molar-refractivity contribution in [2.75, 3.05) is 19.6 Å². The van der Waals surface area contributed by atoms with Gasteiger partial charge in [-0.25, -0.2) is 0 Å². The van der Waals surface area contributed by atoms with Gasteiger partial charge in [-0.05, 0) is 196 Å². The molecule has 21 aromatic rings. The van der Waals surface area contributed by atoms with Gasteiger partial charge in [0.15, 0.2) is 16.1 Å². The van der Waals surface area contributed by atoms with Crippen molar-refractivity contribution >= 4 is 181 Å². The molecule has 23 rings (SSSR count). The van der Waals surface area contributed by atoms with E-state index in [0.717, 1.165) is 89.4 Å². The normalized spacial score (nSPS) is 12.9. The third kappa shape index (κ3) is 12.0. The van der Waals surface area contributed by atoms with E-state index in [1.807, 2.05) is 24.3 Å². The molecule has 0 amide bonds. The highest BCUT2D eigenvalue weighted by Gasteiger charge is 2.51. The van der Waals surface area contributed by atoms with Crippen molar-refractivity contribution in [2.24, 2.45) is 0 Å². The molecule has 120 heavy (non-hydrogen) atoms. The van der Waals surface area contributed by atoms with Crippen molar-refractivity contribution in [3.63, 3.8) is 0 Å². The summed E-state index contributed by atoms with van der Waals surface area (Å²) in [6.07, 6.45) is 0. The minimum atomic E-state index is -2.87. The molecule has 0 bridgehead atoms. The largest absolute Gasteiger partial charge is 0.456 e. The van der Waals surface area contributed by atoms with Crippen LogP contribution in [0.3, 0.4) is 0 Å².